The molecule has 4 heteroatoms. The van der Waals surface area contributed by atoms with E-state index in [-0.39, 0.29) is 12.3 Å². The van der Waals surface area contributed by atoms with E-state index in [4.69, 9.17) is 5.73 Å². The van der Waals surface area contributed by atoms with Gasteiger partial charge in [-0.15, -0.1) is 0 Å². The van der Waals surface area contributed by atoms with E-state index in [9.17, 15) is 9.59 Å². The summed E-state index contributed by atoms with van der Waals surface area (Å²) in [5.74, 6) is -0.749. The van der Waals surface area contributed by atoms with E-state index in [0.29, 0.717) is 11.3 Å². The molecule has 3 rings (SSSR count). The summed E-state index contributed by atoms with van der Waals surface area (Å²) in [6.45, 7) is 0. The van der Waals surface area contributed by atoms with Gasteiger partial charge in [0.25, 0.3) is 5.91 Å². The van der Waals surface area contributed by atoms with Gasteiger partial charge >= 0.3 is 0 Å². The van der Waals surface area contributed by atoms with Gasteiger partial charge in [0.05, 0.1) is 17.7 Å². The molecule has 0 radical (unpaired) electrons. The zero-order chi connectivity index (χ0) is 16.2. The normalized spacial score (nSPS) is 10.4. The summed E-state index contributed by atoms with van der Waals surface area (Å²) in [6, 6.07) is 20.6. The molecule has 0 unspecified atom stereocenters. The van der Waals surface area contributed by atoms with Crippen molar-refractivity contribution in [3.63, 3.8) is 0 Å². The lowest BCUT2D eigenvalue weighted by Crippen LogP contribution is -2.19. The van der Waals surface area contributed by atoms with Crippen molar-refractivity contribution in [2.75, 3.05) is 5.32 Å². The topological polar surface area (TPSA) is 72.2 Å². The summed E-state index contributed by atoms with van der Waals surface area (Å²) in [6.07, 6.45) is 0.234. The number of carbonyl (C=O) groups excluding carboxylic acids is 2. The molecule has 3 N–H and O–H groups in total. The Labute approximate surface area is 133 Å². The minimum atomic E-state index is -0.563. The van der Waals surface area contributed by atoms with Crippen LogP contribution in [0.1, 0.15) is 15.9 Å². The average molecular weight is 304 g/mol. The predicted octanol–water partition coefficient (Wildman–Crippen LogP) is 3.12. The van der Waals surface area contributed by atoms with E-state index in [0.717, 1.165) is 16.3 Å². The van der Waals surface area contributed by atoms with Crippen molar-refractivity contribution < 1.29 is 9.59 Å². The molecule has 3 aromatic rings. The molecule has 4 nitrogen and oxygen atoms in total. The molecule has 0 atom stereocenters. The number of amides is 2. The van der Waals surface area contributed by atoms with E-state index in [1.165, 1.54) is 0 Å². The molecule has 0 aliphatic carbocycles. The summed E-state index contributed by atoms with van der Waals surface area (Å²) >= 11 is 0. The SMILES string of the molecule is NC(=O)c1ccccc1NC(=O)Cc1ccc2ccccc2c1. The van der Waals surface area contributed by atoms with Gasteiger partial charge in [-0.3, -0.25) is 9.59 Å². The van der Waals surface area contributed by atoms with E-state index in [2.05, 4.69) is 5.32 Å². The number of rotatable bonds is 4. The summed E-state index contributed by atoms with van der Waals surface area (Å²) in [4.78, 5) is 23.6. The third-order valence-electron chi connectivity index (χ3n) is 3.65. The van der Waals surface area contributed by atoms with Gasteiger partial charge in [0.15, 0.2) is 0 Å². The van der Waals surface area contributed by atoms with Gasteiger partial charge in [0, 0.05) is 0 Å². The molecule has 0 heterocycles. The Bertz CT molecular complexity index is 887. The van der Waals surface area contributed by atoms with Crippen molar-refractivity contribution >= 4 is 28.3 Å². The molecule has 0 saturated heterocycles. The number of primary amides is 1. The first-order chi connectivity index (χ1) is 11.1. The number of para-hydroxylation sites is 1. The molecule has 0 fully saturated rings. The van der Waals surface area contributed by atoms with Crippen LogP contribution in [0.15, 0.2) is 66.7 Å². The van der Waals surface area contributed by atoms with Gasteiger partial charge in [0.1, 0.15) is 0 Å². The monoisotopic (exact) mass is 304 g/mol. The Morgan fingerprint density at radius 3 is 2.35 bits per heavy atom. The summed E-state index contributed by atoms with van der Waals surface area (Å²) in [5, 5.41) is 4.98. The van der Waals surface area contributed by atoms with Crippen LogP contribution in [0.2, 0.25) is 0 Å². The Hall–Kier alpha value is -3.14. The van der Waals surface area contributed by atoms with Gasteiger partial charge in [-0.25, -0.2) is 0 Å². The number of hydrogen-bond donors (Lipinski definition) is 2. The van der Waals surface area contributed by atoms with Crippen molar-refractivity contribution in [2.24, 2.45) is 5.73 Å². The highest BCUT2D eigenvalue weighted by Gasteiger charge is 2.10. The zero-order valence-corrected chi connectivity index (χ0v) is 12.5. The molecule has 114 valence electrons. The number of anilines is 1. The molecule has 2 amide bonds. The van der Waals surface area contributed by atoms with E-state index in [1.807, 2.05) is 42.5 Å². The largest absolute Gasteiger partial charge is 0.366 e. The second-order valence-corrected chi connectivity index (χ2v) is 5.32. The molecule has 23 heavy (non-hydrogen) atoms. The van der Waals surface area contributed by atoms with Crippen LogP contribution in [-0.4, -0.2) is 11.8 Å². The number of nitrogens with two attached hydrogens (primary N) is 1. The van der Waals surface area contributed by atoms with Gasteiger partial charge in [-0.1, -0.05) is 54.6 Å². The number of hydrogen-bond acceptors (Lipinski definition) is 2. The number of carbonyl (C=O) groups is 2. The third-order valence-corrected chi connectivity index (χ3v) is 3.65. The van der Waals surface area contributed by atoms with Crippen molar-refractivity contribution in [2.45, 2.75) is 6.42 Å². The van der Waals surface area contributed by atoms with Crippen LogP contribution >= 0.6 is 0 Å². The lowest BCUT2D eigenvalue weighted by atomic mass is 10.0. The minimum absolute atomic E-state index is 0.186. The highest BCUT2D eigenvalue weighted by atomic mass is 16.2. The number of benzene rings is 3. The second kappa shape index (κ2) is 6.32. The van der Waals surface area contributed by atoms with E-state index >= 15 is 0 Å². The Morgan fingerprint density at radius 1 is 0.870 bits per heavy atom. The molecule has 0 aliphatic rings. The smallest absolute Gasteiger partial charge is 0.250 e. The van der Waals surface area contributed by atoms with Gasteiger partial charge in [-0.2, -0.15) is 0 Å². The maximum atomic E-state index is 12.2. The van der Waals surface area contributed by atoms with Crippen molar-refractivity contribution in [1.82, 2.24) is 0 Å². The van der Waals surface area contributed by atoms with E-state index < -0.39 is 5.91 Å². The predicted molar refractivity (Wildman–Crippen MR) is 91.2 cm³/mol. The van der Waals surface area contributed by atoms with Crippen molar-refractivity contribution in [3.8, 4) is 0 Å². The highest BCUT2D eigenvalue weighted by molar-refractivity contribution is 6.03. The van der Waals surface area contributed by atoms with Crippen LogP contribution in [0.4, 0.5) is 5.69 Å². The minimum Gasteiger partial charge on any atom is -0.366 e. The van der Waals surface area contributed by atoms with Crippen LogP contribution in [-0.2, 0) is 11.2 Å². The third kappa shape index (κ3) is 3.37. The van der Waals surface area contributed by atoms with Crippen LogP contribution in [0, 0.1) is 0 Å². The van der Waals surface area contributed by atoms with Crippen LogP contribution in [0.5, 0.6) is 0 Å². The highest BCUT2D eigenvalue weighted by Crippen LogP contribution is 2.18. The second-order valence-electron chi connectivity index (χ2n) is 5.32. The van der Waals surface area contributed by atoms with Crippen molar-refractivity contribution in [3.05, 3.63) is 77.9 Å². The molecule has 0 saturated carbocycles. The summed E-state index contributed by atoms with van der Waals surface area (Å²) in [5.41, 5.74) is 6.97. The summed E-state index contributed by atoms with van der Waals surface area (Å²) in [7, 11) is 0. The van der Waals surface area contributed by atoms with Crippen molar-refractivity contribution in [1.29, 1.82) is 0 Å². The first-order valence-corrected chi connectivity index (χ1v) is 7.30. The molecule has 0 bridgehead atoms. The Morgan fingerprint density at radius 2 is 1.57 bits per heavy atom. The fraction of sp³-hybridized carbons (Fsp3) is 0.0526. The zero-order valence-electron chi connectivity index (χ0n) is 12.5. The molecule has 3 aromatic carbocycles. The number of fused-ring (bicyclic) bond motifs is 1. The summed E-state index contributed by atoms with van der Waals surface area (Å²) < 4.78 is 0. The fourth-order valence-corrected chi connectivity index (χ4v) is 2.54. The lowest BCUT2D eigenvalue weighted by molar-refractivity contribution is -0.115. The average Bonchev–Trinajstić information content (AvgIpc) is 2.55. The standard InChI is InChI=1S/C19H16N2O2/c20-19(23)16-7-3-4-8-17(16)21-18(22)12-13-9-10-14-5-1-2-6-15(14)11-13/h1-11H,12H2,(H2,20,23)(H,21,22). The van der Waals surface area contributed by atoms with Gasteiger partial charge in [0.2, 0.25) is 5.91 Å². The quantitative estimate of drug-likeness (QED) is 0.777. The molecular formula is C19H16N2O2. The molecule has 0 aliphatic heterocycles. The van der Waals surface area contributed by atoms with Gasteiger partial charge < -0.3 is 11.1 Å². The number of nitrogens with one attached hydrogen (secondary N) is 1. The maximum absolute atomic E-state index is 12.2. The van der Waals surface area contributed by atoms with Gasteiger partial charge in [-0.05, 0) is 28.5 Å². The molecular weight excluding hydrogens is 288 g/mol. The van der Waals surface area contributed by atoms with Crippen LogP contribution in [0.25, 0.3) is 10.8 Å². The fourth-order valence-electron chi connectivity index (χ4n) is 2.54. The molecule has 0 spiro atoms. The lowest BCUT2D eigenvalue weighted by Gasteiger charge is -2.09. The Balaban J connectivity index is 1.77. The molecule has 0 aromatic heterocycles. The Kier molecular flexibility index (Phi) is 4.06. The van der Waals surface area contributed by atoms with Crippen LogP contribution < -0.4 is 11.1 Å². The van der Waals surface area contributed by atoms with E-state index in [1.54, 1.807) is 24.3 Å². The first kappa shape index (κ1) is 14.8. The maximum Gasteiger partial charge on any atom is 0.250 e. The van der Waals surface area contributed by atoms with Crippen LogP contribution in [0.3, 0.4) is 0 Å². The first-order valence-electron chi connectivity index (χ1n) is 7.30.